The van der Waals surface area contributed by atoms with Gasteiger partial charge in [-0.15, -0.1) is 0 Å². The maximum absolute atomic E-state index is 13.3. The molecule has 6 heteroatoms. The Bertz CT molecular complexity index is 949. The Morgan fingerprint density at radius 2 is 1.72 bits per heavy atom. The van der Waals surface area contributed by atoms with Crippen LogP contribution in [-0.2, 0) is 14.4 Å². The minimum Gasteiger partial charge on any atom is -0.481 e. The molecule has 1 aliphatic heterocycles. The van der Waals surface area contributed by atoms with Crippen LogP contribution in [-0.4, -0.2) is 34.2 Å². The van der Waals surface area contributed by atoms with Crippen molar-refractivity contribution >= 4 is 23.3 Å². The summed E-state index contributed by atoms with van der Waals surface area (Å²) in [4.78, 5) is 38.4. The van der Waals surface area contributed by atoms with E-state index in [1.165, 1.54) is 6.92 Å². The van der Waals surface area contributed by atoms with Crippen LogP contribution in [0.3, 0.4) is 0 Å². The smallest absolute Gasteiger partial charge is 0.303 e. The van der Waals surface area contributed by atoms with Crippen LogP contribution in [0, 0.1) is 6.92 Å². The predicted molar refractivity (Wildman–Crippen MR) is 110 cm³/mol. The van der Waals surface area contributed by atoms with Crippen LogP contribution in [0.5, 0.6) is 0 Å². The lowest BCUT2D eigenvalue weighted by Gasteiger charge is -2.26. The van der Waals surface area contributed by atoms with Gasteiger partial charge in [-0.1, -0.05) is 48.0 Å². The Morgan fingerprint density at radius 1 is 1.07 bits per heavy atom. The number of nitrogens with zero attached hydrogens (tertiary/aromatic N) is 1. The van der Waals surface area contributed by atoms with Crippen molar-refractivity contribution in [3.63, 3.8) is 0 Å². The zero-order chi connectivity index (χ0) is 21.0. The van der Waals surface area contributed by atoms with Crippen molar-refractivity contribution in [1.29, 1.82) is 0 Å². The number of carboxylic acids is 1. The molecule has 2 N–H and O–H groups in total. The average Bonchev–Trinajstić information content (AvgIpc) is 2.96. The Balaban J connectivity index is 2.01. The van der Waals surface area contributed by atoms with Gasteiger partial charge in [-0.05, 0) is 38.0 Å². The van der Waals surface area contributed by atoms with Gasteiger partial charge in [0.2, 0.25) is 0 Å². The van der Waals surface area contributed by atoms with E-state index in [4.69, 9.17) is 5.11 Å². The first-order valence-corrected chi connectivity index (χ1v) is 9.55. The predicted octanol–water partition coefficient (Wildman–Crippen LogP) is 3.70. The monoisotopic (exact) mass is 392 g/mol. The Hall–Kier alpha value is -3.41. The summed E-state index contributed by atoms with van der Waals surface area (Å²) in [7, 11) is 0. The highest BCUT2D eigenvalue weighted by Crippen LogP contribution is 2.39. The molecular formula is C23H24N2O4. The number of ketones is 1. The molecule has 1 atom stereocenters. The molecule has 0 bridgehead atoms. The van der Waals surface area contributed by atoms with Crippen LogP contribution in [0.4, 0.5) is 5.69 Å². The highest BCUT2D eigenvalue weighted by Gasteiger charge is 2.41. The Morgan fingerprint density at radius 3 is 2.31 bits per heavy atom. The number of hydrogen-bond donors (Lipinski definition) is 2. The fourth-order valence-electron chi connectivity index (χ4n) is 3.55. The number of nitrogens with one attached hydrogen (secondary N) is 1. The van der Waals surface area contributed by atoms with Crippen LogP contribution in [0.25, 0.3) is 0 Å². The summed E-state index contributed by atoms with van der Waals surface area (Å²) in [5.41, 5.74) is 3.29. The molecule has 0 aliphatic carbocycles. The lowest BCUT2D eigenvalue weighted by atomic mass is 9.96. The maximum Gasteiger partial charge on any atom is 0.303 e. The molecule has 2 aromatic rings. The van der Waals surface area contributed by atoms with Gasteiger partial charge in [-0.2, -0.15) is 0 Å². The molecule has 0 fully saturated rings. The van der Waals surface area contributed by atoms with Gasteiger partial charge in [-0.25, -0.2) is 0 Å². The van der Waals surface area contributed by atoms with Crippen molar-refractivity contribution in [2.45, 2.75) is 32.7 Å². The molecule has 0 saturated heterocycles. The first-order chi connectivity index (χ1) is 13.9. The van der Waals surface area contributed by atoms with Crippen molar-refractivity contribution in [2.24, 2.45) is 0 Å². The zero-order valence-corrected chi connectivity index (χ0v) is 16.5. The number of anilines is 1. The number of carbonyl (C=O) groups excluding carboxylic acids is 2. The van der Waals surface area contributed by atoms with Gasteiger partial charge in [0.05, 0.1) is 11.6 Å². The van der Waals surface area contributed by atoms with Gasteiger partial charge in [-0.3, -0.25) is 14.4 Å². The Labute approximate surface area is 169 Å². The fraction of sp³-hybridized carbons (Fsp3) is 0.261. The standard InChI is InChI=1S/C23H24N2O4/c1-15-10-12-18(13-11-15)24-21-20(16(2)26)22(17-7-4-3-5-8-17)25(23(21)29)14-6-9-19(27)28/h3-5,7-8,10-13,22,24H,6,9,14H2,1-2H3,(H,27,28)/t22-/m0/s1. The van der Waals surface area contributed by atoms with Crippen LogP contribution < -0.4 is 5.32 Å². The molecule has 0 unspecified atom stereocenters. The summed E-state index contributed by atoms with van der Waals surface area (Å²) in [5.74, 6) is -1.40. The highest BCUT2D eigenvalue weighted by atomic mass is 16.4. The average molecular weight is 392 g/mol. The van der Waals surface area contributed by atoms with E-state index < -0.39 is 12.0 Å². The van der Waals surface area contributed by atoms with Crippen molar-refractivity contribution < 1.29 is 19.5 Å². The van der Waals surface area contributed by atoms with Crippen molar-refractivity contribution in [1.82, 2.24) is 4.90 Å². The summed E-state index contributed by atoms with van der Waals surface area (Å²) in [5, 5.41) is 12.1. The maximum atomic E-state index is 13.3. The van der Waals surface area contributed by atoms with E-state index in [2.05, 4.69) is 5.32 Å². The molecule has 1 aliphatic rings. The lowest BCUT2D eigenvalue weighted by molar-refractivity contribution is -0.137. The molecule has 2 aromatic carbocycles. The van der Waals surface area contributed by atoms with E-state index in [1.54, 1.807) is 4.90 Å². The van der Waals surface area contributed by atoms with Gasteiger partial charge >= 0.3 is 5.97 Å². The normalized spacial score (nSPS) is 16.3. The number of Topliss-reactive ketones (excluding diaryl/α,β-unsaturated/α-hetero) is 1. The molecule has 6 nitrogen and oxygen atoms in total. The van der Waals surface area contributed by atoms with E-state index in [0.29, 0.717) is 12.0 Å². The van der Waals surface area contributed by atoms with Crippen LogP contribution in [0.2, 0.25) is 0 Å². The van der Waals surface area contributed by atoms with Crippen LogP contribution >= 0.6 is 0 Å². The number of rotatable bonds is 8. The third kappa shape index (κ3) is 4.54. The summed E-state index contributed by atoms with van der Waals surface area (Å²) < 4.78 is 0. The van der Waals surface area contributed by atoms with E-state index in [0.717, 1.165) is 16.8 Å². The molecular weight excluding hydrogens is 368 g/mol. The van der Waals surface area contributed by atoms with Gasteiger partial charge in [0.15, 0.2) is 5.78 Å². The minimum absolute atomic E-state index is 0.0403. The van der Waals surface area contributed by atoms with E-state index in [1.807, 2.05) is 61.5 Å². The van der Waals surface area contributed by atoms with Gasteiger partial charge < -0.3 is 15.3 Å². The molecule has 1 heterocycles. The topological polar surface area (TPSA) is 86.7 Å². The number of carbonyl (C=O) groups is 3. The number of benzene rings is 2. The van der Waals surface area contributed by atoms with Gasteiger partial charge in [0, 0.05) is 18.7 Å². The molecule has 3 rings (SSSR count). The van der Waals surface area contributed by atoms with E-state index in [-0.39, 0.29) is 30.4 Å². The fourth-order valence-corrected chi connectivity index (χ4v) is 3.55. The van der Waals surface area contributed by atoms with Crippen molar-refractivity contribution in [2.75, 3.05) is 11.9 Å². The van der Waals surface area contributed by atoms with Gasteiger partial charge in [0.1, 0.15) is 5.70 Å². The van der Waals surface area contributed by atoms with E-state index >= 15 is 0 Å². The third-order valence-electron chi connectivity index (χ3n) is 4.93. The van der Waals surface area contributed by atoms with Gasteiger partial charge in [0.25, 0.3) is 5.91 Å². The second-order valence-corrected chi connectivity index (χ2v) is 7.14. The van der Waals surface area contributed by atoms with E-state index in [9.17, 15) is 14.4 Å². The van der Waals surface area contributed by atoms with Crippen molar-refractivity contribution in [3.05, 3.63) is 77.0 Å². The molecule has 0 spiro atoms. The molecule has 1 amide bonds. The molecule has 0 saturated carbocycles. The number of aliphatic carboxylic acids is 1. The zero-order valence-electron chi connectivity index (χ0n) is 16.5. The first kappa shape index (κ1) is 20.3. The van der Waals surface area contributed by atoms with Crippen molar-refractivity contribution in [3.8, 4) is 0 Å². The molecule has 0 aromatic heterocycles. The number of amides is 1. The first-order valence-electron chi connectivity index (χ1n) is 9.55. The second kappa shape index (κ2) is 8.73. The number of carboxylic acid groups (broad SMARTS) is 1. The second-order valence-electron chi connectivity index (χ2n) is 7.14. The van der Waals surface area contributed by atoms with Crippen LogP contribution in [0.1, 0.15) is 36.9 Å². The highest BCUT2D eigenvalue weighted by molar-refractivity contribution is 6.11. The minimum atomic E-state index is -0.911. The Kier molecular flexibility index (Phi) is 6.12. The molecule has 29 heavy (non-hydrogen) atoms. The summed E-state index contributed by atoms with van der Waals surface area (Å²) in [6.07, 6.45) is 0.273. The third-order valence-corrected chi connectivity index (χ3v) is 4.93. The largest absolute Gasteiger partial charge is 0.481 e. The summed E-state index contributed by atoms with van der Waals surface area (Å²) in [6.45, 7) is 3.68. The SMILES string of the molecule is CC(=O)C1=C(Nc2ccc(C)cc2)C(=O)N(CCCC(=O)O)[C@H]1c1ccccc1. The molecule has 0 radical (unpaired) electrons. The summed E-state index contributed by atoms with van der Waals surface area (Å²) >= 11 is 0. The lowest BCUT2D eigenvalue weighted by Crippen LogP contribution is -2.32. The molecule has 150 valence electrons. The van der Waals surface area contributed by atoms with Crippen LogP contribution in [0.15, 0.2) is 65.9 Å². The quantitative estimate of drug-likeness (QED) is 0.715. The summed E-state index contributed by atoms with van der Waals surface area (Å²) in [6, 6.07) is 16.4. The number of hydrogen-bond acceptors (Lipinski definition) is 4. The number of aryl methyl sites for hydroxylation is 1.